The third-order valence-corrected chi connectivity index (χ3v) is 3.32. The van der Waals surface area contributed by atoms with Crippen LogP contribution < -0.4 is 0 Å². The van der Waals surface area contributed by atoms with Crippen LogP contribution in [0.3, 0.4) is 0 Å². The molecule has 1 aliphatic rings. The molecule has 0 aromatic heterocycles. The van der Waals surface area contributed by atoms with Gasteiger partial charge >= 0.3 is 0 Å². The lowest BCUT2D eigenvalue weighted by molar-refractivity contribution is -0.126. The van der Waals surface area contributed by atoms with E-state index in [1.165, 1.54) is 5.56 Å². The van der Waals surface area contributed by atoms with Crippen LogP contribution in [-0.4, -0.2) is 5.78 Å². The molecule has 0 amide bonds. The number of nitrogens with zero attached hydrogens (tertiary/aromatic N) is 1. The van der Waals surface area contributed by atoms with Gasteiger partial charge in [-0.3, -0.25) is 4.79 Å². The molecule has 0 spiro atoms. The molecule has 2 nitrogen and oxygen atoms in total. The number of Topliss-reactive ketones (excluding diaryl/α,β-unsaturated/α-hetero) is 1. The van der Waals surface area contributed by atoms with Crippen LogP contribution in [0, 0.1) is 11.3 Å². The number of benzene rings is 1. The van der Waals surface area contributed by atoms with Gasteiger partial charge in [0.25, 0.3) is 0 Å². The highest BCUT2D eigenvalue weighted by Crippen LogP contribution is 2.41. The molecule has 0 unspecified atom stereocenters. The first-order chi connectivity index (χ1) is 7.57. The van der Waals surface area contributed by atoms with Gasteiger partial charge < -0.3 is 0 Å². The fourth-order valence-corrected chi connectivity index (χ4v) is 2.16. The van der Waals surface area contributed by atoms with Gasteiger partial charge in [0.2, 0.25) is 0 Å². The molecular formula is C14H15NO. The summed E-state index contributed by atoms with van der Waals surface area (Å²) >= 11 is 0. The van der Waals surface area contributed by atoms with Crippen LogP contribution >= 0.6 is 0 Å². The molecule has 0 heterocycles. The van der Waals surface area contributed by atoms with Gasteiger partial charge in [0.1, 0.15) is 5.78 Å². The highest BCUT2D eigenvalue weighted by atomic mass is 16.1. The van der Waals surface area contributed by atoms with Crippen LogP contribution in [0.4, 0.5) is 0 Å². The zero-order valence-corrected chi connectivity index (χ0v) is 9.66. The van der Waals surface area contributed by atoms with Crippen LogP contribution in [0.1, 0.15) is 43.7 Å². The summed E-state index contributed by atoms with van der Waals surface area (Å²) in [6.07, 6.45) is 0.760. The molecule has 0 atom stereocenters. The highest BCUT2D eigenvalue weighted by Gasteiger charge is 2.45. The largest absolute Gasteiger partial charge is 0.300 e. The molecule has 16 heavy (non-hydrogen) atoms. The lowest BCUT2D eigenvalue weighted by Gasteiger charge is -2.34. The maximum Gasteiger partial charge on any atom is 0.136 e. The summed E-state index contributed by atoms with van der Waals surface area (Å²) in [5.74, 6) is 0.642. The van der Waals surface area contributed by atoms with Gasteiger partial charge in [-0.1, -0.05) is 38.1 Å². The number of ketones is 1. The lowest BCUT2D eigenvalue weighted by Crippen LogP contribution is -2.40. The zero-order chi connectivity index (χ0) is 11.8. The van der Waals surface area contributed by atoms with Crippen LogP contribution in [0.25, 0.3) is 0 Å². The van der Waals surface area contributed by atoms with E-state index >= 15 is 0 Å². The first-order valence-corrected chi connectivity index (χ1v) is 5.61. The summed E-state index contributed by atoms with van der Waals surface area (Å²) in [5, 5.41) is 9.24. The Balaban J connectivity index is 2.37. The number of hydrogen-bond donors (Lipinski definition) is 0. The van der Waals surface area contributed by atoms with Crippen molar-refractivity contribution >= 4 is 5.78 Å². The summed E-state index contributed by atoms with van der Waals surface area (Å²) in [4.78, 5) is 11.1. The van der Waals surface area contributed by atoms with E-state index in [0.717, 1.165) is 5.56 Å². The van der Waals surface area contributed by atoms with E-state index in [-0.39, 0.29) is 5.78 Å². The molecule has 0 N–H and O–H groups in total. The van der Waals surface area contributed by atoms with Gasteiger partial charge in [0.05, 0.1) is 11.5 Å². The van der Waals surface area contributed by atoms with E-state index in [9.17, 15) is 10.1 Å². The molecule has 0 aliphatic heterocycles. The van der Waals surface area contributed by atoms with Crippen molar-refractivity contribution in [1.29, 1.82) is 5.26 Å². The Bertz CT molecular complexity index is 460. The van der Waals surface area contributed by atoms with Gasteiger partial charge in [0.15, 0.2) is 0 Å². The molecule has 0 saturated heterocycles. The highest BCUT2D eigenvalue weighted by molar-refractivity contribution is 5.90. The second-order valence-corrected chi connectivity index (χ2v) is 4.87. The molecule has 2 heteroatoms. The smallest absolute Gasteiger partial charge is 0.136 e. The second kappa shape index (κ2) is 3.75. The number of carbonyl (C=O) groups excluding carboxylic acids is 1. The average Bonchev–Trinajstić information content (AvgIpc) is 2.24. The van der Waals surface area contributed by atoms with Gasteiger partial charge in [-0.05, 0) is 17.0 Å². The van der Waals surface area contributed by atoms with E-state index < -0.39 is 5.41 Å². The average molecular weight is 213 g/mol. The maximum atomic E-state index is 11.1. The minimum absolute atomic E-state index is 0.191. The summed E-state index contributed by atoms with van der Waals surface area (Å²) in [6, 6.07) is 10.4. The summed E-state index contributed by atoms with van der Waals surface area (Å²) < 4.78 is 0. The van der Waals surface area contributed by atoms with Crippen LogP contribution in [-0.2, 0) is 10.2 Å². The van der Waals surface area contributed by atoms with E-state index in [0.29, 0.717) is 18.8 Å². The number of nitriles is 1. The minimum atomic E-state index is -0.540. The van der Waals surface area contributed by atoms with Crippen LogP contribution in [0.5, 0.6) is 0 Å². The second-order valence-electron chi connectivity index (χ2n) is 4.87. The first-order valence-electron chi connectivity index (χ1n) is 5.61. The van der Waals surface area contributed by atoms with Crippen molar-refractivity contribution in [2.24, 2.45) is 0 Å². The monoisotopic (exact) mass is 213 g/mol. The third kappa shape index (κ3) is 1.63. The first kappa shape index (κ1) is 10.9. The molecule has 1 saturated carbocycles. The minimum Gasteiger partial charge on any atom is -0.300 e. The van der Waals surface area contributed by atoms with Gasteiger partial charge in [-0.2, -0.15) is 5.26 Å². The van der Waals surface area contributed by atoms with Crippen molar-refractivity contribution < 1.29 is 4.79 Å². The van der Waals surface area contributed by atoms with Crippen molar-refractivity contribution in [3.63, 3.8) is 0 Å². The molecule has 1 aromatic carbocycles. The lowest BCUT2D eigenvalue weighted by atomic mass is 9.64. The van der Waals surface area contributed by atoms with E-state index in [4.69, 9.17) is 0 Å². The quantitative estimate of drug-likeness (QED) is 0.757. The molecule has 1 aromatic rings. The van der Waals surface area contributed by atoms with Crippen molar-refractivity contribution in [1.82, 2.24) is 0 Å². The fourth-order valence-electron chi connectivity index (χ4n) is 2.16. The summed E-state index contributed by atoms with van der Waals surface area (Å²) in [5.41, 5.74) is 1.69. The number of carbonyl (C=O) groups is 1. The predicted octanol–water partition coefficient (Wildman–Crippen LogP) is 2.93. The number of hydrogen-bond acceptors (Lipinski definition) is 2. The predicted molar refractivity (Wildman–Crippen MR) is 62.1 cm³/mol. The van der Waals surface area contributed by atoms with Crippen molar-refractivity contribution in [2.75, 3.05) is 0 Å². The molecule has 0 bridgehead atoms. The zero-order valence-electron chi connectivity index (χ0n) is 9.66. The fraction of sp³-hybridized carbons (Fsp3) is 0.429. The van der Waals surface area contributed by atoms with Crippen LogP contribution in [0.2, 0.25) is 0 Å². The third-order valence-electron chi connectivity index (χ3n) is 3.32. The SMILES string of the molecule is CC(C)c1cccc(C2(C#N)CC(=O)C2)c1. The number of rotatable bonds is 2. The molecule has 0 radical (unpaired) electrons. The Kier molecular flexibility index (Phi) is 2.55. The Morgan fingerprint density at radius 2 is 2.06 bits per heavy atom. The maximum absolute atomic E-state index is 11.1. The molecular weight excluding hydrogens is 198 g/mol. The van der Waals surface area contributed by atoms with E-state index in [1.807, 2.05) is 12.1 Å². The normalized spacial score (nSPS) is 18.0. The van der Waals surface area contributed by atoms with Gasteiger partial charge in [-0.25, -0.2) is 0 Å². The summed E-state index contributed by atoms with van der Waals surface area (Å²) in [7, 11) is 0. The molecule has 2 rings (SSSR count). The van der Waals surface area contributed by atoms with E-state index in [2.05, 4.69) is 32.0 Å². The van der Waals surface area contributed by atoms with Gasteiger partial charge in [0, 0.05) is 12.8 Å². The standard InChI is InChI=1S/C14H15NO/c1-10(2)11-4-3-5-12(6-11)14(9-15)7-13(16)8-14/h3-6,10H,7-8H2,1-2H3. The Morgan fingerprint density at radius 1 is 1.38 bits per heavy atom. The van der Waals surface area contributed by atoms with Crippen molar-refractivity contribution in [2.45, 2.75) is 38.0 Å². The van der Waals surface area contributed by atoms with Crippen molar-refractivity contribution in [3.05, 3.63) is 35.4 Å². The van der Waals surface area contributed by atoms with Crippen molar-refractivity contribution in [3.8, 4) is 6.07 Å². The molecule has 1 fully saturated rings. The Labute approximate surface area is 95.9 Å². The topological polar surface area (TPSA) is 40.9 Å². The Morgan fingerprint density at radius 3 is 2.56 bits per heavy atom. The van der Waals surface area contributed by atoms with E-state index in [1.54, 1.807) is 0 Å². The van der Waals surface area contributed by atoms with Gasteiger partial charge in [-0.15, -0.1) is 0 Å². The Hall–Kier alpha value is -1.62. The molecule has 1 aliphatic carbocycles. The molecule has 82 valence electrons. The van der Waals surface area contributed by atoms with Crippen LogP contribution in [0.15, 0.2) is 24.3 Å². The summed E-state index contributed by atoms with van der Waals surface area (Å²) in [6.45, 7) is 4.26.